The van der Waals surface area contributed by atoms with Crippen LogP contribution < -0.4 is 5.32 Å². The molecule has 1 amide bonds. The second-order valence-corrected chi connectivity index (χ2v) is 6.31. The molecule has 3 nitrogen and oxygen atoms in total. The molecule has 0 unspecified atom stereocenters. The predicted molar refractivity (Wildman–Crippen MR) is 96.1 cm³/mol. The van der Waals surface area contributed by atoms with Crippen molar-refractivity contribution in [2.24, 2.45) is 0 Å². The first-order chi connectivity index (χ1) is 12.2. The number of hydrogen-bond acceptors (Lipinski definition) is 3. The quantitative estimate of drug-likeness (QED) is 0.713. The maximum absolute atomic E-state index is 13.0. The zero-order valence-electron chi connectivity index (χ0n) is 13.1. The molecule has 0 saturated heterocycles. The van der Waals surface area contributed by atoms with Gasteiger partial charge < -0.3 is 5.32 Å². The first kappa shape index (κ1) is 16.7. The summed E-state index contributed by atoms with van der Waals surface area (Å²) in [6, 6.07) is 22.3. The first-order valence-electron chi connectivity index (χ1n) is 7.50. The van der Waals surface area contributed by atoms with Crippen molar-refractivity contribution >= 4 is 23.4 Å². The van der Waals surface area contributed by atoms with Crippen molar-refractivity contribution in [1.29, 1.82) is 5.26 Å². The molecule has 0 aromatic heterocycles. The summed E-state index contributed by atoms with van der Waals surface area (Å²) < 4.78 is 13.0. The molecule has 25 heavy (non-hydrogen) atoms. The van der Waals surface area contributed by atoms with Crippen LogP contribution in [0.2, 0.25) is 0 Å². The average molecular weight is 348 g/mol. The van der Waals surface area contributed by atoms with Crippen molar-refractivity contribution < 1.29 is 9.18 Å². The Balaban J connectivity index is 1.89. The lowest BCUT2D eigenvalue weighted by Crippen LogP contribution is -2.12. The van der Waals surface area contributed by atoms with E-state index in [4.69, 9.17) is 5.26 Å². The Hall–Kier alpha value is -3.10. The van der Waals surface area contributed by atoms with E-state index in [-0.39, 0.29) is 5.91 Å². The summed E-state index contributed by atoms with van der Waals surface area (Å²) in [6.07, 6.45) is 0. The van der Waals surface area contributed by atoms with Gasteiger partial charge in [-0.15, -0.1) is 0 Å². The molecule has 3 aromatic carbocycles. The summed E-state index contributed by atoms with van der Waals surface area (Å²) >= 11 is 1.49. The van der Waals surface area contributed by atoms with Crippen molar-refractivity contribution in [2.45, 2.75) is 9.79 Å². The molecular weight excluding hydrogens is 335 g/mol. The summed E-state index contributed by atoms with van der Waals surface area (Å²) in [6.45, 7) is 0. The summed E-state index contributed by atoms with van der Waals surface area (Å²) in [7, 11) is 0. The molecule has 3 rings (SSSR count). The van der Waals surface area contributed by atoms with Gasteiger partial charge in [-0.05, 0) is 54.6 Å². The standard InChI is InChI=1S/C20H13FN2OS/c21-16-9-7-15(8-10-16)20(24)23-18-12-14(13-22)6-11-19(18)25-17-4-2-1-3-5-17/h1-12H,(H,23,24). The average Bonchev–Trinajstić information content (AvgIpc) is 2.64. The van der Waals surface area contributed by atoms with Crippen LogP contribution in [0.1, 0.15) is 15.9 Å². The van der Waals surface area contributed by atoms with E-state index < -0.39 is 5.82 Å². The van der Waals surface area contributed by atoms with E-state index in [1.807, 2.05) is 30.3 Å². The van der Waals surface area contributed by atoms with Crippen LogP contribution in [0, 0.1) is 17.1 Å². The number of benzene rings is 3. The minimum atomic E-state index is -0.400. The van der Waals surface area contributed by atoms with Gasteiger partial charge in [-0.1, -0.05) is 30.0 Å². The molecule has 0 aliphatic rings. The van der Waals surface area contributed by atoms with Gasteiger partial charge in [0.05, 0.1) is 17.3 Å². The molecule has 0 bridgehead atoms. The molecule has 1 N–H and O–H groups in total. The third kappa shape index (κ3) is 4.25. The van der Waals surface area contributed by atoms with Crippen molar-refractivity contribution in [2.75, 3.05) is 5.32 Å². The fourth-order valence-electron chi connectivity index (χ4n) is 2.20. The number of anilines is 1. The molecule has 0 atom stereocenters. The number of nitrogens with zero attached hydrogens (tertiary/aromatic N) is 1. The van der Waals surface area contributed by atoms with E-state index >= 15 is 0 Å². The van der Waals surface area contributed by atoms with Gasteiger partial charge in [0.25, 0.3) is 5.91 Å². The third-order valence-corrected chi connectivity index (χ3v) is 4.52. The molecule has 0 spiro atoms. The second kappa shape index (κ2) is 7.65. The van der Waals surface area contributed by atoms with Crippen molar-refractivity contribution in [3.05, 3.63) is 89.7 Å². The Bertz CT molecular complexity index is 934. The first-order valence-corrected chi connectivity index (χ1v) is 8.31. The Morgan fingerprint density at radius 1 is 1.00 bits per heavy atom. The normalized spacial score (nSPS) is 10.1. The van der Waals surface area contributed by atoms with E-state index in [1.165, 1.54) is 36.0 Å². The Kier molecular flexibility index (Phi) is 5.12. The Labute approximate surface area is 149 Å². The van der Waals surface area contributed by atoms with Crippen LogP contribution in [-0.2, 0) is 0 Å². The van der Waals surface area contributed by atoms with Gasteiger partial charge in [0.2, 0.25) is 0 Å². The number of rotatable bonds is 4. The van der Waals surface area contributed by atoms with Crippen molar-refractivity contribution in [1.82, 2.24) is 0 Å². The Morgan fingerprint density at radius 3 is 2.40 bits per heavy atom. The minimum Gasteiger partial charge on any atom is -0.321 e. The number of carbonyl (C=O) groups is 1. The number of amides is 1. The van der Waals surface area contributed by atoms with Gasteiger partial charge in [0.1, 0.15) is 5.82 Å². The van der Waals surface area contributed by atoms with E-state index in [1.54, 1.807) is 18.2 Å². The molecule has 0 saturated carbocycles. The highest BCUT2D eigenvalue weighted by Crippen LogP contribution is 2.34. The third-order valence-electron chi connectivity index (χ3n) is 3.43. The number of nitrogens with one attached hydrogen (secondary N) is 1. The van der Waals surface area contributed by atoms with Crippen LogP contribution in [0.5, 0.6) is 0 Å². The van der Waals surface area contributed by atoms with Crippen LogP contribution in [-0.4, -0.2) is 5.91 Å². The molecule has 0 aliphatic carbocycles. The number of carbonyl (C=O) groups excluding carboxylic acids is 1. The minimum absolute atomic E-state index is 0.347. The monoisotopic (exact) mass is 348 g/mol. The van der Waals surface area contributed by atoms with Crippen molar-refractivity contribution in [3.63, 3.8) is 0 Å². The lowest BCUT2D eigenvalue weighted by molar-refractivity contribution is 0.102. The van der Waals surface area contributed by atoms with Crippen LogP contribution in [0.25, 0.3) is 0 Å². The Morgan fingerprint density at radius 2 is 1.72 bits per heavy atom. The molecule has 122 valence electrons. The van der Waals surface area contributed by atoms with Gasteiger partial charge in [-0.2, -0.15) is 5.26 Å². The van der Waals surface area contributed by atoms with Crippen LogP contribution in [0.4, 0.5) is 10.1 Å². The fraction of sp³-hybridized carbons (Fsp3) is 0. The van der Waals surface area contributed by atoms with Gasteiger partial charge in [0.15, 0.2) is 0 Å². The highest BCUT2D eigenvalue weighted by atomic mass is 32.2. The molecule has 0 radical (unpaired) electrons. The number of nitriles is 1. The molecule has 0 heterocycles. The van der Waals surface area contributed by atoms with E-state index in [0.717, 1.165) is 9.79 Å². The van der Waals surface area contributed by atoms with Gasteiger partial charge in [-0.25, -0.2) is 4.39 Å². The molecular formula is C20H13FN2OS. The van der Waals surface area contributed by atoms with Crippen LogP contribution in [0.3, 0.4) is 0 Å². The topological polar surface area (TPSA) is 52.9 Å². The van der Waals surface area contributed by atoms with Gasteiger partial charge >= 0.3 is 0 Å². The SMILES string of the molecule is N#Cc1ccc(Sc2ccccc2)c(NC(=O)c2ccc(F)cc2)c1. The lowest BCUT2D eigenvalue weighted by atomic mass is 10.2. The van der Waals surface area contributed by atoms with E-state index in [2.05, 4.69) is 11.4 Å². The molecule has 0 fully saturated rings. The van der Waals surface area contributed by atoms with E-state index in [9.17, 15) is 9.18 Å². The van der Waals surface area contributed by atoms with Crippen molar-refractivity contribution in [3.8, 4) is 6.07 Å². The smallest absolute Gasteiger partial charge is 0.255 e. The molecule has 0 aliphatic heterocycles. The van der Waals surface area contributed by atoms with Crippen LogP contribution in [0.15, 0.2) is 82.6 Å². The largest absolute Gasteiger partial charge is 0.321 e. The summed E-state index contributed by atoms with van der Waals surface area (Å²) in [4.78, 5) is 14.2. The van der Waals surface area contributed by atoms with Crippen LogP contribution >= 0.6 is 11.8 Å². The predicted octanol–water partition coefficient (Wildman–Crippen LogP) is 5.10. The van der Waals surface area contributed by atoms with Gasteiger partial charge in [0, 0.05) is 15.4 Å². The second-order valence-electron chi connectivity index (χ2n) is 5.20. The molecule has 3 aromatic rings. The summed E-state index contributed by atoms with van der Waals surface area (Å²) in [5.41, 5.74) is 1.34. The van der Waals surface area contributed by atoms with E-state index in [0.29, 0.717) is 16.8 Å². The maximum atomic E-state index is 13.0. The zero-order chi connectivity index (χ0) is 17.6. The number of hydrogen-bond donors (Lipinski definition) is 1. The fourth-order valence-corrected chi connectivity index (χ4v) is 3.10. The zero-order valence-corrected chi connectivity index (χ0v) is 13.9. The highest BCUT2D eigenvalue weighted by Gasteiger charge is 2.11. The number of halogens is 1. The lowest BCUT2D eigenvalue weighted by Gasteiger charge is -2.11. The summed E-state index contributed by atoms with van der Waals surface area (Å²) in [5.74, 6) is -0.756. The maximum Gasteiger partial charge on any atom is 0.255 e. The molecule has 5 heteroatoms. The van der Waals surface area contributed by atoms with Gasteiger partial charge in [-0.3, -0.25) is 4.79 Å². The highest BCUT2D eigenvalue weighted by molar-refractivity contribution is 7.99. The summed E-state index contributed by atoms with van der Waals surface area (Å²) in [5, 5.41) is 11.9.